The molecule has 4 heteroatoms. The smallest absolute Gasteiger partial charge is 0.310 e. The van der Waals surface area contributed by atoms with Crippen molar-refractivity contribution in [1.29, 1.82) is 0 Å². The number of esters is 1. The summed E-state index contributed by atoms with van der Waals surface area (Å²) in [5, 5.41) is 3.25. The lowest BCUT2D eigenvalue weighted by atomic mass is 9.89. The van der Waals surface area contributed by atoms with Crippen molar-refractivity contribution < 1.29 is 14.3 Å². The molecule has 1 aliphatic heterocycles. The quantitative estimate of drug-likeness (QED) is 0.843. The first-order valence-electron chi connectivity index (χ1n) is 6.67. The van der Waals surface area contributed by atoms with Crippen molar-refractivity contribution in [2.75, 3.05) is 20.2 Å². The topological polar surface area (TPSA) is 47.6 Å². The molecule has 0 aromatic heterocycles. The highest BCUT2D eigenvalue weighted by molar-refractivity contribution is 5.74. The minimum Gasteiger partial charge on any atom is -0.491 e. The number of rotatable bonds is 4. The van der Waals surface area contributed by atoms with Crippen LogP contribution < -0.4 is 10.1 Å². The molecule has 1 aliphatic rings. The fourth-order valence-corrected chi connectivity index (χ4v) is 2.52. The molecule has 0 amide bonds. The Morgan fingerprint density at radius 2 is 2.16 bits per heavy atom. The van der Waals surface area contributed by atoms with E-state index < -0.39 is 0 Å². The predicted octanol–water partition coefficient (Wildman–Crippen LogP) is 1.95. The van der Waals surface area contributed by atoms with Gasteiger partial charge < -0.3 is 14.8 Å². The SMILES string of the molecule is COC(=O)C1CNCC1c1cccc(OC(C)C)c1. The van der Waals surface area contributed by atoms with Crippen molar-refractivity contribution in [1.82, 2.24) is 5.32 Å². The van der Waals surface area contributed by atoms with Crippen molar-refractivity contribution in [3.63, 3.8) is 0 Å². The molecule has 0 aliphatic carbocycles. The second-order valence-electron chi connectivity index (χ2n) is 5.13. The van der Waals surface area contributed by atoms with E-state index in [0.29, 0.717) is 6.54 Å². The maximum absolute atomic E-state index is 11.8. The molecule has 0 spiro atoms. The molecule has 1 aromatic rings. The van der Waals surface area contributed by atoms with Crippen LogP contribution in [0.5, 0.6) is 5.75 Å². The standard InChI is InChI=1S/C15H21NO3/c1-10(2)19-12-6-4-5-11(7-12)13-8-16-9-14(13)15(17)18-3/h4-7,10,13-14,16H,8-9H2,1-3H3. The zero-order valence-electron chi connectivity index (χ0n) is 11.7. The summed E-state index contributed by atoms with van der Waals surface area (Å²) in [4.78, 5) is 11.8. The third kappa shape index (κ3) is 3.26. The average Bonchev–Trinajstić information content (AvgIpc) is 2.86. The molecule has 2 atom stereocenters. The number of ether oxygens (including phenoxy) is 2. The van der Waals surface area contributed by atoms with Crippen molar-refractivity contribution in [3.8, 4) is 5.75 Å². The van der Waals surface area contributed by atoms with Crippen molar-refractivity contribution in [2.24, 2.45) is 5.92 Å². The Labute approximate surface area is 114 Å². The van der Waals surface area contributed by atoms with Crippen LogP contribution in [0.1, 0.15) is 25.3 Å². The fourth-order valence-electron chi connectivity index (χ4n) is 2.52. The molecule has 0 saturated carbocycles. The van der Waals surface area contributed by atoms with Crippen LogP contribution in [-0.2, 0) is 9.53 Å². The summed E-state index contributed by atoms with van der Waals surface area (Å²) in [5.41, 5.74) is 1.12. The minimum atomic E-state index is -0.148. The van der Waals surface area contributed by atoms with Gasteiger partial charge in [0.15, 0.2) is 0 Å². The van der Waals surface area contributed by atoms with Crippen LogP contribution in [0, 0.1) is 5.92 Å². The van der Waals surface area contributed by atoms with Crippen molar-refractivity contribution >= 4 is 5.97 Å². The molecule has 1 heterocycles. The van der Waals surface area contributed by atoms with E-state index in [4.69, 9.17) is 9.47 Å². The lowest BCUT2D eigenvalue weighted by molar-refractivity contribution is -0.145. The second-order valence-corrected chi connectivity index (χ2v) is 5.13. The highest BCUT2D eigenvalue weighted by atomic mass is 16.5. The molecule has 0 bridgehead atoms. The first-order chi connectivity index (χ1) is 9.11. The number of carbonyl (C=O) groups excluding carboxylic acids is 1. The summed E-state index contributed by atoms with van der Waals surface area (Å²) in [6.45, 7) is 5.47. The van der Waals surface area contributed by atoms with Gasteiger partial charge >= 0.3 is 5.97 Å². The summed E-state index contributed by atoms with van der Waals surface area (Å²) in [7, 11) is 1.44. The molecule has 19 heavy (non-hydrogen) atoms. The van der Waals surface area contributed by atoms with E-state index in [-0.39, 0.29) is 23.9 Å². The number of methoxy groups -OCH3 is 1. The summed E-state index contributed by atoms with van der Waals surface area (Å²) in [5.74, 6) is 0.746. The van der Waals surface area contributed by atoms with E-state index in [0.717, 1.165) is 17.9 Å². The van der Waals surface area contributed by atoms with Gasteiger partial charge in [-0.3, -0.25) is 4.79 Å². The Kier molecular flexibility index (Phi) is 4.43. The first-order valence-corrected chi connectivity index (χ1v) is 6.67. The van der Waals surface area contributed by atoms with E-state index in [1.807, 2.05) is 38.1 Å². The fraction of sp³-hybridized carbons (Fsp3) is 0.533. The molecule has 1 N–H and O–H groups in total. The van der Waals surface area contributed by atoms with Gasteiger partial charge in [0.05, 0.1) is 19.1 Å². The molecule has 1 fully saturated rings. The Balaban J connectivity index is 2.18. The molecule has 4 nitrogen and oxygen atoms in total. The summed E-state index contributed by atoms with van der Waals surface area (Å²) >= 11 is 0. The second kappa shape index (κ2) is 6.06. The largest absolute Gasteiger partial charge is 0.491 e. The van der Waals surface area contributed by atoms with Gasteiger partial charge in [0.2, 0.25) is 0 Å². The van der Waals surface area contributed by atoms with Gasteiger partial charge in [-0.2, -0.15) is 0 Å². The lowest BCUT2D eigenvalue weighted by Gasteiger charge is -2.18. The van der Waals surface area contributed by atoms with Crippen LogP contribution in [0.3, 0.4) is 0 Å². The Morgan fingerprint density at radius 3 is 2.84 bits per heavy atom. The summed E-state index contributed by atoms with van der Waals surface area (Å²) in [6.07, 6.45) is 0.147. The van der Waals surface area contributed by atoms with E-state index in [9.17, 15) is 4.79 Å². The predicted molar refractivity (Wildman–Crippen MR) is 73.3 cm³/mol. The molecule has 0 radical (unpaired) electrons. The van der Waals surface area contributed by atoms with Crippen LogP contribution in [0.2, 0.25) is 0 Å². The highest BCUT2D eigenvalue weighted by Crippen LogP contribution is 2.31. The Hall–Kier alpha value is -1.55. The third-order valence-corrected chi connectivity index (χ3v) is 3.38. The van der Waals surface area contributed by atoms with Crippen LogP contribution in [0.15, 0.2) is 24.3 Å². The van der Waals surface area contributed by atoms with Gasteiger partial charge in [0.1, 0.15) is 5.75 Å². The molecule has 2 rings (SSSR count). The van der Waals surface area contributed by atoms with Gasteiger partial charge in [-0.1, -0.05) is 12.1 Å². The number of nitrogens with one attached hydrogen (secondary N) is 1. The maximum Gasteiger partial charge on any atom is 0.310 e. The maximum atomic E-state index is 11.8. The normalized spacial score (nSPS) is 22.5. The van der Waals surface area contributed by atoms with Gasteiger partial charge in [0.25, 0.3) is 0 Å². The summed E-state index contributed by atoms with van der Waals surface area (Å²) in [6, 6.07) is 7.98. The Bertz CT molecular complexity index is 445. The minimum absolute atomic E-state index is 0.112. The summed E-state index contributed by atoms with van der Waals surface area (Å²) < 4.78 is 10.6. The Morgan fingerprint density at radius 1 is 1.37 bits per heavy atom. The molecule has 2 unspecified atom stereocenters. The van der Waals surface area contributed by atoms with Crippen LogP contribution in [0.25, 0.3) is 0 Å². The first kappa shape index (κ1) is 13.9. The van der Waals surface area contributed by atoms with E-state index in [1.165, 1.54) is 7.11 Å². The van der Waals surface area contributed by atoms with E-state index >= 15 is 0 Å². The number of benzene rings is 1. The molecular formula is C15H21NO3. The number of hydrogen-bond donors (Lipinski definition) is 1. The number of hydrogen-bond acceptors (Lipinski definition) is 4. The molecule has 1 aromatic carbocycles. The van der Waals surface area contributed by atoms with Crippen LogP contribution in [-0.4, -0.2) is 32.3 Å². The third-order valence-electron chi connectivity index (χ3n) is 3.38. The molecular weight excluding hydrogens is 242 g/mol. The zero-order chi connectivity index (χ0) is 13.8. The van der Waals surface area contributed by atoms with Gasteiger partial charge in [-0.25, -0.2) is 0 Å². The molecule has 104 valence electrons. The highest BCUT2D eigenvalue weighted by Gasteiger charge is 2.34. The lowest BCUT2D eigenvalue weighted by Crippen LogP contribution is -2.23. The van der Waals surface area contributed by atoms with Crippen LogP contribution >= 0.6 is 0 Å². The van der Waals surface area contributed by atoms with Gasteiger partial charge in [0, 0.05) is 19.0 Å². The zero-order valence-corrected chi connectivity index (χ0v) is 11.7. The number of carbonyl (C=O) groups is 1. The van der Waals surface area contributed by atoms with E-state index in [1.54, 1.807) is 0 Å². The van der Waals surface area contributed by atoms with Crippen LogP contribution in [0.4, 0.5) is 0 Å². The molecule has 1 saturated heterocycles. The van der Waals surface area contributed by atoms with Gasteiger partial charge in [-0.05, 0) is 31.5 Å². The monoisotopic (exact) mass is 263 g/mol. The van der Waals surface area contributed by atoms with Crippen molar-refractivity contribution in [2.45, 2.75) is 25.9 Å². The average molecular weight is 263 g/mol. The van der Waals surface area contributed by atoms with Crippen molar-refractivity contribution in [3.05, 3.63) is 29.8 Å². The van der Waals surface area contributed by atoms with E-state index in [2.05, 4.69) is 5.32 Å². The van der Waals surface area contributed by atoms with Gasteiger partial charge in [-0.15, -0.1) is 0 Å².